The highest BCUT2D eigenvalue weighted by atomic mass is 79.9. The molecule has 0 saturated heterocycles. The Morgan fingerprint density at radius 3 is 2.57 bits per heavy atom. The van der Waals surface area contributed by atoms with Gasteiger partial charge in [0.2, 0.25) is 0 Å². The zero-order valence-corrected chi connectivity index (χ0v) is 15.3. The third kappa shape index (κ3) is 3.65. The number of hydrogen-bond donors (Lipinski definition) is 1. The molecule has 2 nitrogen and oxygen atoms in total. The number of carbonyl (C=O) groups is 1. The Kier molecular flexibility index (Phi) is 5.13. The second-order valence-electron chi connectivity index (χ2n) is 5.50. The number of amides is 1. The Bertz CT molecular complexity index is 823. The lowest BCUT2D eigenvalue weighted by molar-refractivity contribution is 0.103. The van der Waals surface area contributed by atoms with Crippen molar-refractivity contribution in [1.29, 1.82) is 0 Å². The fourth-order valence-electron chi connectivity index (χ4n) is 2.48. The van der Waals surface area contributed by atoms with Crippen molar-refractivity contribution in [3.05, 3.63) is 63.4 Å². The fraction of sp³-hybridized carbons (Fsp3) is 0.211. The number of carbonyl (C=O) groups excluding carboxylic acids is 1. The van der Waals surface area contributed by atoms with Crippen molar-refractivity contribution in [3.63, 3.8) is 0 Å². The van der Waals surface area contributed by atoms with Crippen molar-refractivity contribution < 1.29 is 4.79 Å². The molecule has 118 valence electrons. The van der Waals surface area contributed by atoms with Gasteiger partial charge in [-0.1, -0.05) is 43.7 Å². The van der Waals surface area contributed by atoms with Crippen LogP contribution in [0.5, 0.6) is 0 Å². The van der Waals surface area contributed by atoms with Crippen molar-refractivity contribution in [3.8, 4) is 0 Å². The normalized spacial score (nSPS) is 10.9. The van der Waals surface area contributed by atoms with Crippen molar-refractivity contribution in [2.24, 2.45) is 0 Å². The van der Waals surface area contributed by atoms with Crippen LogP contribution in [0.4, 0.5) is 5.69 Å². The molecule has 1 heterocycles. The Morgan fingerprint density at radius 1 is 1.13 bits per heavy atom. The van der Waals surface area contributed by atoms with Crippen molar-refractivity contribution in [1.82, 2.24) is 0 Å². The van der Waals surface area contributed by atoms with Gasteiger partial charge in [-0.3, -0.25) is 4.79 Å². The summed E-state index contributed by atoms with van der Waals surface area (Å²) in [7, 11) is 0. The van der Waals surface area contributed by atoms with Gasteiger partial charge < -0.3 is 5.32 Å². The van der Waals surface area contributed by atoms with Crippen LogP contribution >= 0.6 is 27.3 Å². The monoisotopic (exact) mass is 387 g/mol. The van der Waals surface area contributed by atoms with Gasteiger partial charge >= 0.3 is 0 Å². The molecule has 0 aliphatic heterocycles. The van der Waals surface area contributed by atoms with E-state index < -0.39 is 0 Å². The highest BCUT2D eigenvalue weighted by Gasteiger charge is 2.16. The van der Waals surface area contributed by atoms with E-state index in [9.17, 15) is 4.79 Å². The first kappa shape index (κ1) is 16.2. The molecule has 23 heavy (non-hydrogen) atoms. The van der Waals surface area contributed by atoms with Crippen LogP contribution in [0.1, 0.15) is 35.0 Å². The lowest BCUT2D eigenvalue weighted by Crippen LogP contribution is -2.10. The number of anilines is 1. The number of thiophene rings is 1. The SMILES string of the molecule is CCCCc1ccc(NC(=O)c2sc3ccccc3c2Br)cc1. The molecule has 0 spiro atoms. The molecule has 0 bridgehead atoms. The third-order valence-corrected chi connectivity index (χ3v) is 6.03. The maximum Gasteiger partial charge on any atom is 0.266 e. The van der Waals surface area contributed by atoms with Crippen molar-refractivity contribution >= 4 is 48.9 Å². The predicted octanol–water partition coefficient (Wildman–Crippen LogP) is 6.26. The Balaban J connectivity index is 1.76. The molecule has 0 radical (unpaired) electrons. The van der Waals surface area contributed by atoms with Gasteiger partial charge in [0.1, 0.15) is 4.88 Å². The lowest BCUT2D eigenvalue weighted by Gasteiger charge is -2.06. The van der Waals surface area contributed by atoms with Crippen LogP contribution in [0, 0.1) is 0 Å². The minimum Gasteiger partial charge on any atom is -0.321 e. The molecule has 3 rings (SSSR count). The number of hydrogen-bond acceptors (Lipinski definition) is 2. The maximum absolute atomic E-state index is 12.5. The molecular weight excluding hydrogens is 370 g/mol. The van der Waals surface area contributed by atoms with E-state index in [4.69, 9.17) is 0 Å². The van der Waals surface area contributed by atoms with E-state index in [0.29, 0.717) is 4.88 Å². The zero-order valence-electron chi connectivity index (χ0n) is 12.9. The molecule has 1 aromatic heterocycles. The maximum atomic E-state index is 12.5. The van der Waals surface area contributed by atoms with Gasteiger partial charge in [-0.2, -0.15) is 0 Å². The second kappa shape index (κ2) is 7.28. The Morgan fingerprint density at radius 2 is 1.87 bits per heavy atom. The van der Waals surface area contributed by atoms with Crippen LogP contribution in [0.3, 0.4) is 0 Å². The van der Waals surface area contributed by atoms with E-state index in [1.54, 1.807) is 0 Å². The summed E-state index contributed by atoms with van der Waals surface area (Å²) < 4.78 is 1.98. The van der Waals surface area contributed by atoms with Crippen LogP contribution in [0.2, 0.25) is 0 Å². The van der Waals surface area contributed by atoms with Gasteiger partial charge in [0, 0.05) is 20.2 Å². The fourth-order valence-corrected chi connectivity index (χ4v) is 4.37. The first-order valence-electron chi connectivity index (χ1n) is 7.76. The van der Waals surface area contributed by atoms with Gasteiger partial charge in [0.25, 0.3) is 5.91 Å². The van der Waals surface area contributed by atoms with E-state index in [2.05, 4.69) is 40.3 Å². The minimum atomic E-state index is -0.0700. The summed E-state index contributed by atoms with van der Waals surface area (Å²) in [4.78, 5) is 13.2. The van der Waals surface area contributed by atoms with E-state index in [-0.39, 0.29) is 5.91 Å². The van der Waals surface area contributed by atoms with Gasteiger partial charge in [-0.15, -0.1) is 11.3 Å². The average Bonchev–Trinajstić information content (AvgIpc) is 2.92. The van der Waals surface area contributed by atoms with Crippen LogP contribution in [0.25, 0.3) is 10.1 Å². The number of unbranched alkanes of at least 4 members (excludes halogenated alkanes) is 1. The van der Waals surface area contributed by atoms with E-state index in [0.717, 1.165) is 26.7 Å². The van der Waals surface area contributed by atoms with Gasteiger partial charge in [0.05, 0.1) is 0 Å². The molecule has 0 saturated carbocycles. The summed E-state index contributed by atoms with van der Waals surface area (Å²) in [6, 6.07) is 16.2. The molecule has 3 aromatic rings. The topological polar surface area (TPSA) is 29.1 Å². The summed E-state index contributed by atoms with van der Waals surface area (Å²) in [5.74, 6) is -0.0700. The smallest absolute Gasteiger partial charge is 0.266 e. The summed E-state index contributed by atoms with van der Waals surface area (Å²) in [5, 5.41) is 4.07. The van der Waals surface area contributed by atoms with Gasteiger partial charge in [-0.25, -0.2) is 0 Å². The predicted molar refractivity (Wildman–Crippen MR) is 103 cm³/mol. The zero-order chi connectivity index (χ0) is 16.2. The molecule has 2 aromatic carbocycles. The van der Waals surface area contributed by atoms with Crippen LogP contribution in [-0.2, 0) is 6.42 Å². The first-order valence-corrected chi connectivity index (χ1v) is 9.37. The Hall–Kier alpha value is -1.65. The molecule has 0 unspecified atom stereocenters. The number of aryl methyl sites for hydroxylation is 1. The standard InChI is InChI=1S/C19H18BrNOS/c1-2-3-6-13-9-11-14(12-10-13)21-19(22)18-17(20)15-7-4-5-8-16(15)23-18/h4-5,7-12H,2-3,6H2,1H3,(H,21,22). The molecule has 0 fully saturated rings. The van der Waals surface area contributed by atoms with Crippen molar-refractivity contribution in [2.45, 2.75) is 26.2 Å². The van der Waals surface area contributed by atoms with E-state index in [1.165, 1.54) is 29.7 Å². The second-order valence-corrected chi connectivity index (χ2v) is 7.34. The van der Waals surface area contributed by atoms with E-state index >= 15 is 0 Å². The number of halogens is 1. The third-order valence-electron chi connectivity index (χ3n) is 3.77. The number of benzene rings is 2. The van der Waals surface area contributed by atoms with Crippen LogP contribution in [0.15, 0.2) is 53.0 Å². The minimum absolute atomic E-state index is 0.0700. The quantitative estimate of drug-likeness (QED) is 0.549. The summed E-state index contributed by atoms with van der Waals surface area (Å²) in [6.45, 7) is 2.19. The number of nitrogens with one attached hydrogen (secondary N) is 1. The molecule has 1 N–H and O–H groups in total. The van der Waals surface area contributed by atoms with Crippen LogP contribution < -0.4 is 5.32 Å². The van der Waals surface area contributed by atoms with Gasteiger partial charge in [0.15, 0.2) is 0 Å². The highest BCUT2D eigenvalue weighted by Crippen LogP contribution is 2.35. The van der Waals surface area contributed by atoms with Crippen molar-refractivity contribution in [2.75, 3.05) is 5.32 Å². The molecule has 0 aliphatic carbocycles. The summed E-state index contributed by atoms with van der Waals surface area (Å²) in [5.41, 5.74) is 2.15. The molecule has 0 atom stereocenters. The largest absolute Gasteiger partial charge is 0.321 e. The first-order chi connectivity index (χ1) is 11.2. The molecular formula is C19H18BrNOS. The van der Waals surface area contributed by atoms with E-state index in [1.807, 2.05) is 36.4 Å². The number of fused-ring (bicyclic) bond motifs is 1. The molecule has 0 aliphatic rings. The van der Waals surface area contributed by atoms with Crippen LogP contribution in [-0.4, -0.2) is 5.91 Å². The lowest BCUT2D eigenvalue weighted by atomic mass is 10.1. The summed E-state index contributed by atoms with van der Waals surface area (Å²) >= 11 is 5.06. The van der Waals surface area contributed by atoms with Gasteiger partial charge in [-0.05, 0) is 52.5 Å². The molecule has 4 heteroatoms. The summed E-state index contributed by atoms with van der Waals surface area (Å²) in [6.07, 6.45) is 3.48. The number of rotatable bonds is 5. The highest BCUT2D eigenvalue weighted by molar-refractivity contribution is 9.10. The average molecular weight is 388 g/mol. The Labute approximate surface area is 148 Å². The molecule has 1 amide bonds.